The minimum atomic E-state index is 0.138. The molecular formula is C14H19BrN2O2. The summed E-state index contributed by atoms with van der Waals surface area (Å²) in [6.45, 7) is 2.80. The van der Waals surface area contributed by atoms with E-state index in [0.29, 0.717) is 19.6 Å². The Balaban J connectivity index is 1.87. The molecule has 1 fully saturated rings. The Hall–Kier alpha value is -0.910. The summed E-state index contributed by atoms with van der Waals surface area (Å²) in [5.41, 5.74) is 1.12. The fourth-order valence-corrected chi connectivity index (χ4v) is 2.50. The molecule has 0 spiro atoms. The van der Waals surface area contributed by atoms with Crippen LogP contribution >= 0.6 is 15.9 Å². The van der Waals surface area contributed by atoms with Crippen molar-refractivity contribution in [3.63, 3.8) is 0 Å². The van der Waals surface area contributed by atoms with Crippen molar-refractivity contribution >= 4 is 21.8 Å². The van der Waals surface area contributed by atoms with Crippen molar-refractivity contribution in [3.8, 4) is 0 Å². The number of carbonyl (C=O) groups excluding carboxylic acids is 1. The van der Waals surface area contributed by atoms with Crippen LogP contribution in [0, 0.1) is 0 Å². The van der Waals surface area contributed by atoms with Gasteiger partial charge in [0, 0.05) is 37.1 Å². The maximum atomic E-state index is 12.1. The minimum Gasteiger partial charge on any atom is -0.378 e. The van der Waals surface area contributed by atoms with Crippen LogP contribution in [0.25, 0.3) is 0 Å². The van der Waals surface area contributed by atoms with Crippen LogP contribution in [0.3, 0.4) is 0 Å². The monoisotopic (exact) mass is 326 g/mol. The molecule has 1 aliphatic rings. The normalized spacial score (nSPS) is 19.2. The molecule has 0 unspecified atom stereocenters. The van der Waals surface area contributed by atoms with E-state index in [9.17, 15) is 4.79 Å². The van der Waals surface area contributed by atoms with Gasteiger partial charge >= 0.3 is 0 Å². The topological polar surface area (TPSA) is 41.6 Å². The molecule has 104 valence electrons. The van der Waals surface area contributed by atoms with Gasteiger partial charge in [-0.25, -0.2) is 0 Å². The average Bonchev–Trinajstić information content (AvgIpc) is 2.42. The van der Waals surface area contributed by atoms with Gasteiger partial charge in [-0.05, 0) is 11.6 Å². The molecule has 5 heteroatoms. The first-order valence-electron chi connectivity index (χ1n) is 6.45. The number of nitrogens with one attached hydrogen (secondary N) is 1. The SMILES string of the molecule is CN(Cc1ccccc1Br)C(=O)C[C@@H]1COCCN1. The van der Waals surface area contributed by atoms with Gasteiger partial charge in [0.15, 0.2) is 0 Å². The minimum absolute atomic E-state index is 0.138. The zero-order valence-electron chi connectivity index (χ0n) is 11.1. The highest BCUT2D eigenvalue weighted by atomic mass is 79.9. The molecule has 0 bridgehead atoms. The molecule has 1 aromatic carbocycles. The molecule has 4 nitrogen and oxygen atoms in total. The first kappa shape index (κ1) is 14.5. The first-order chi connectivity index (χ1) is 9.16. The van der Waals surface area contributed by atoms with Gasteiger partial charge in [0.25, 0.3) is 0 Å². The van der Waals surface area contributed by atoms with E-state index in [0.717, 1.165) is 23.2 Å². The van der Waals surface area contributed by atoms with Gasteiger partial charge in [0.2, 0.25) is 5.91 Å². The number of benzene rings is 1. The number of nitrogens with zero attached hydrogens (tertiary/aromatic N) is 1. The lowest BCUT2D eigenvalue weighted by molar-refractivity contribution is -0.131. The molecule has 1 heterocycles. The maximum Gasteiger partial charge on any atom is 0.224 e. The van der Waals surface area contributed by atoms with Crippen LogP contribution in [0.5, 0.6) is 0 Å². The third-order valence-electron chi connectivity index (χ3n) is 3.21. The number of ether oxygens (including phenoxy) is 1. The highest BCUT2D eigenvalue weighted by Crippen LogP contribution is 2.17. The maximum absolute atomic E-state index is 12.1. The van der Waals surface area contributed by atoms with Crippen LogP contribution in [0.2, 0.25) is 0 Å². The number of halogens is 1. The van der Waals surface area contributed by atoms with E-state index in [1.807, 2.05) is 31.3 Å². The second-order valence-electron chi connectivity index (χ2n) is 4.77. The standard InChI is InChI=1S/C14H19BrN2O2/c1-17(9-11-4-2-3-5-13(11)15)14(18)8-12-10-19-7-6-16-12/h2-5,12,16H,6-10H2,1H3/t12-/m1/s1. The van der Waals surface area contributed by atoms with Crippen LogP contribution in [0.4, 0.5) is 0 Å². The van der Waals surface area contributed by atoms with Crippen molar-refractivity contribution < 1.29 is 9.53 Å². The fraction of sp³-hybridized carbons (Fsp3) is 0.500. The third kappa shape index (κ3) is 4.30. The molecule has 1 amide bonds. The van der Waals surface area contributed by atoms with Crippen molar-refractivity contribution in [1.82, 2.24) is 10.2 Å². The van der Waals surface area contributed by atoms with E-state index >= 15 is 0 Å². The fourth-order valence-electron chi connectivity index (χ4n) is 2.09. The lowest BCUT2D eigenvalue weighted by Crippen LogP contribution is -2.44. The molecule has 2 rings (SSSR count). The summed E-state index contributed by atoms with van der Waals surface area (Å²) >= 11 is 3.50. The molecule has 19 heavy (non-hydrogen) atoms. The van der Waals surface area contributed by atoms with Gasteiger partial charge < -0.3 is 15.0 Å². The molecular weight excluding hydrogens is 308 g/mol. The Kier molecular flexibility index (Phi) is 5.36. The lowest BCUT2D eigenvalue weighted by atomic mass is 10.1. The number of rotatable bonds is 4. The Labute approximate surface area is 122 Å². The second kappa shape index (κ2) is 7.03. The van der Waals surface area contributed by atoms with Crippen LogP contribution in [0.15, 0.2) is 28.7 Å². The Morgan fingerprint density at radius 2 is 2.32 bits per heavy atom. The Morgan fingerprint density at radius 1 is 1.53 bits per heavy atom. The predicted molar refractivity (Wildman–Crippen MR) is 77.8 cm³/mol. The first-order valence-corrected chi connectivity index (χ1v) is 7.24. The van der Waals surface area contributed by atoms with Crippen molar-refractivity contribution in [2.24, 2.45) is 0 Å². The molecule has 1 aliphatic heterocycles. The van der Waals surface area contributed by atoms with E-state index in [1.54, 1.807) is 4.90 Å². The summed E-state index contributed by atoms with van der Waals surface area (Å²) in [5.74, 6) is 0.138. The Bertz CT molecular complexity index is 433. The summed E-state index contributed by atoms with van der Waals surface area (Å²) in [7, 11) is 1.84. The summed E-state index contributed by atoms with van der Waals surface area (Å²) in [5, 5.41) is 3.30. The predicted octanol–water partition coefficient (Wildman–Crippen LogP) is 1.79. The highest BCUT2D eigenvalue weighted by Gasteiger charge is 2.19. The molecule has 0 radical (unpaired) electrons. The van der Waals surface area contributed by atoms with Gasteiger partial charge in [-0.2, -0.15) is 0 Å². The zero-order chi connectivity index (χ0) is 13.7. The molecule has 1 saturated heterocycles. The van der Waals surface area contributed by atoms with Crippen molar-refractivity contribution in [2.45, 2.75) is 19.0 Å². The van der Waals surface area contributed by atoms with Gasteiger partial charge in [0.1, 0.15) is 0 Å². The van der Waals surface area contributed by atoms with Gasteiger partial charge in [0.05, 0.1) is 13.2 Å². The van der Waals surface area contributed by atoms with E-state index in [2.05, 4.69) is 21.2 Å². The molecule has 0 aliphatic carbocycles. The summed E-state index contributed by atoms with van der Waals surface area (Å²) in [6, 6.07) is 8.11. The number of amides is 1. The molecule has 1 N–H and O–H groups in total. The number of morpholine rings is 1. The second-order valence-corrected chi connectivity index (χ2v) is 5.63. The van der Waals surface area contributed by atoms with Crippen molar-refractivity contribution in [1.29, 1.82) is 0 Å². The Morgan fingerprint density at radius 3 is 3.00 bits per heavy atom. The van der Waals surface area contributed by atoms with E-state index < -0.39 is 0 Å². The van der Waals surface area contributed by atoms with E-state index in [-0.39, 0.29) is 11.9 Å². The quantitative estimate of drug-likeness (QED) is 0.917. The van der Waals surface area contributed by atoms with Gasteiger partial charge in [-0.1, -0.05) is 34.1 Å². The number of hydrogen-bond acceptors (Lipinski definition) is 3. The average molecular weight is 327 g/mol. The number of hydrogen-bond donors (Lipinski definition) is 1. The number of carbonyl (C=O) groups is 1. The van der Waals surface area contributed by atoms with Gasteiger partial charge in [-0.3, -0.25) is 4.79 Å². The van der Waals surface area contributed by atoms with Crippen LogP contribution in [0.1, 0.15) is 12.0 Å². The van der Waals surface area contributed by atoms with Crippen molar-refractivity contribution in [3.05, 3.63) is 34.3 Å². The summed E-state index contributed by atoms with van der Waals surface area (Å²) in [6.07, 6.45) is 0.487. The van der Waals surface area contributed by atoms with Crippen LogP contribution < -0.4 is 5.32 Å². The van der Waals surface area contributed by atoms with Crippen molar-refractivity contribution in [2.75, 3.05) is 26.8 Å². The van der Waals surface area contributed by atoms with E-state index in [4.69, 9.17) is 4.74 Å². The van der Waals surface area contributed by atoms with Gasteiger partial charge in [-0.15, -0.1) is 0 Å². The smallest absolute Gasteiger partial charge is 0.224 e. The van der Waals surface area contributed by atoms with Crippen LogP contribution in [-0.2, 0) is 16.1 Å². The largest absolute Gasteiger partial charge is 0.378 e. The third-order valence-corrected chi connectivity index (χ3v) is 3.98. The van der Waals surface area contributed by atoms with Crippen LogP contribution in [-0.4, -0.2) is 43.7 Å². The zero-order valence-corrected chi connectivity index (χ0v) is 12.6. The summed E-state index contributed by atoms with van der Waals surface area (Å²) < 4.78 is 6.40. The molecule has 0 saturated carbocycles. The highest BCUT2D eigenvalue weighted by molar-refractivity contribution is 9.10. The van der Waals surface area contributed by atoms with E-state index in [1.165, 1.54) is 0 Å². The molecule has 0 aromatic heterocycles. The molecule has 1 atom stereocenters. The lowest BCUT2D eigenvalue weighted by Gasteiger charge is -2.26. The molecule has 1 aromatic rings. The summed E-state index contributed by atoms with van der Waals surface area (Å²) in [4.78, 5) is 13.9.